The normalized spacial score (nSPS) is 14.7. The number of aliphatic imine (C=N–C) groups is 1. The minimum atomic E-state index is 0. The second-order valence-corrected chi connectivity index (χ2v) is 7.02. The molecule has 2 N–H and O–H groups in total. The van der Waals surface area contributed by atoms with E-state index in [2.05, 4.69) is 22.5 Å². The summed E-state index contributed by atoms with van der Waals surface area (Å²) in [4.78, 5) is 4.68. The third-order valence-corrected chi connectivity index (χ3v) is 4.74. The predicted molar refractivity (Wildman–Crippen MR) is 131 cm³/mol. The fourth-order valence-corrected chi connectivity index (χ4v) is 3.14. The van der Waals surface area contributed by atoms with E-state index >= 15 is 0 Å². The summed E-state index contributed by atoms with van der Waals surface area (Å²) in [5, 5.41) is 6.66. The summed E-state index contributed by atoms with van der Waals surface area (Å²) in [7, 11) is 1.65. The maximum Gasteiger partial charge on any atom is 0.191 e. The van der Waals surface area contributed by atoms with Crippen LogP contribution in [0.4, 0.5) is 0 Å². The molecule has 0 unspecified atom stereocenters. The van der Waals surface area contributed by atoms with Gasteiger partial charge in [-0.25, -0.2) is 4.99 Å². The van der Waals surface area contributed by atoms with Gasteiger partial charge >= 0.3 is 0 Å². The SMILES string of the molecule is CCNC(=NCc1ccc(OC)c(OCC)c1)NCCCOCC1CCOCC1.I. The molecule has 8 heteroatoms. The summed E-state index contributed by atoms with van der Waals surface area (Å²) in [6.07, 6.45) is 3.18. The zero-order valence-electron chi connectivity index (χ0n) is 18.6. The van der Waals surface area contributed by atoms with E-state index in [0.717, 1.165) is 81.8 Å². The first-order valence-electron chi connectivity index (χ1n) is 10.7. The van der Waals surface area contributed by atoms with Crippen molar-refractivity contribution in [3.05, 3.63) is 23.8 Å². The highest BCUT2D eigenvalue weighted by molar-refractivity contribution is 14.0. The molecule has 0 saturated carbocycles. The molecule has 1 aromatic carbocycles. The quantitative estimate of drug-likeness (QED) is 0.185. The van der Waals surface area contributed by atoms with Gasteiger partial charge < -0.3 is 29.6 Å². The zero-order valence-corrected chi connectivity index (χ0v) is 20.9. The Hall–Kier alpha value is -1.26. The summed E-state index contributed by atoms with van der Waals surface area (Å²) in [5.41, 5.74) is 1.08. The second-order valence-electron chi connectivity index (χ2n) is 7.02. The van der Waals surface area contributed by atoms with Crippen molar-refractivity contribution >= 4 is 29.9 Å². The molecule has 2 rings (SSSR count). The smallest absolute Gasteiger partial charge is 0.191 e. The lowest BCUT2D eigenvalue weighted by Crippen LogP contribution is -2.38. The van der Waals surface area contributed by atoms with Gasteiger partial charge in [0.1, 0.15) is 0 Å². The number of nitrogens with one attached hydrogen (secondary N) is 2. The molecule has 1 aromatic rings. The van der Waals surface area contributed by atoms with Gasteiger partial charge in [0.25, 0.3) is 0 Å². The van der Waals surface area contributed by atoms with Gasteiger partial charge in [-0.1, -0.05) is 6.07 Å². The van der Waals surface area contributed by atoms with Crippen LogP contribution in [-0.2, 0) is 16.0 Å². The highest BCUT2D eigenvalue weighted by Gasteiger charge is 2.13. The van der Waals surface area contributed by atoms with E-state index in [9.17, 15) is 0 Å². The lowest BCUT2D eigenvalue weighted by molar-refractivity contribution is 0.0203. The lowest BCUT2D eigenvalue weighted by Gasteiger charge is -2.21. The van der Waals surface area contributed by atoms with Crippen LogP contribution in [0.25, 0.3) is 0 Å². The molecule has 172 valence electrons. The molecule has 0 bridgehead atoms. The predicted octanol–water partition coefficient (Wildman–Crippen LogP) is 3.60. The van der Waals surface area contributed by atoms with E-state index in [-0.39, 0.29) is 24.0 Å². The van der Waals surface area contributed by atoms with Crippen LogP contribution in [-0.4, -0.2) is 59.2 Å². The van der Waals surface area contributed by atoms with Gasteiger partial charge in [0.05, 0.1) is 20.3 Å². The Morgan fingerprint density at radius 1 is 1.17 bits per heavy atom. The summed E-state index contributed by atoms with van der Waals surface area (Å²) in [5.74, 6) is 2.96. The first-order chi connectivity index (χ1) is 14.3. The second kappa shape index (κ2) is 16.4. The molecular weight excluding hydrogens is 497 g/mol. The number of rotatable bonds is 12. The van der Waals surface area contributed by atoms with Crippen LogP contribution in [0.1, 0.15) is 38.7 Å². The van der Waals surface area contributed by atoms with Crippen molar-refractivity contribution in [2.24, 2.45) is 10.9 Å². The summed E-state index contributed by atoms with van der Waals surface area (Å²) >= 11 is 0. The van der Waals surface area contributed by atoms with E-state index < -0.39 is 0 Å². The summed E-state index contributed by atoms with van der Waals surface area (Å²) < 4.78 is 22.2. The van der Waals surface area contributed by atoms with Gasteiger partial charge in [0.15, 0.2) is 17.5 Å². The minimum absolute atomic E-state index is 0. The Bertz CT molecular complexity index is 610. The largest absolute Gasteiger partial charge is 0.493 e. The number of methoxy groups -OCH3 is 1. The van der Waals surface area contributed by atoms with Crippen LogP contribution in [0.3, 0.4) is 0 Å². The molecule has 0 aromatic heterocycles. The molecule has 7 nitrogen and oxygen atoms in total. The highest BCUT2D eigenvalue weighted by atomic mass is 127. The van der Waals surface area contributed by atoms with Crippen LogP contribution in [0.2, 0.25) is 0 Å². The van der Waals surface area contributed by atoms with Crippen molar-refractivity contribution in [3.8, 4) is 11.5 Å². The van der Waals surface area contributed by atoms with E-state index in [1.165, 1.54) is 0 Å². The third kappa shape index (κ3) is 10.2. The number of benzene rings is 1. The molecule has 1 saturated heterocycles. The molecule has 0 aliphatic carbocycles. The van der Waals surface area contributed by atoms with Gasteiger partial charge in [-0.15, -0.1) is 24.0 Å². The van der Waals surface area contributed by atoms with Crippen molar-refractivity contribution in [2.45, 2.75) is 39.7 Å². The highest BCUT2D eigenvalue weighted by Crippen LogP contribution is 2.28. The minimum Gasteiger partial charge on any atom is -0.493 e. The fourth-order valence-electron chi connectivity index (χ4n) is 3.14. The Balaban J connectivity index is 0.00000450. The van der Waals surface area contributed by atoms with E-state index in [0.29, 0.717) is 19.1 Å². The van der Waals surface area contributed by atoms with Gasteiger partial charge in [0.2, 0.25) is 0 Å². The average molecular weight is 535 g/mol. The first kappa shape index (κ1) is 26.8. The van der Waals surface area contributed by atoms with Crippen LogP contribution in [0.15, 0.2) is 23.2 Å². The number of nitrogens with zero attached hydrogens (tertiary/aromatic N) is 1. The zero-order chi connectivity index (χ0) is 20.7. The standard InChI is InChI=1S/C22H37N3O4.HI/c1-4-23-22(24-11-6-12-28-17-18-9-13-27-14-10-18)25-16-19-7-8-20(26-3)21(15-19)29-5-2;/h7-8,15,18H,4-6,9-14,16-17H2,1-3H3,(H2,23,24,25);1H. The molecule has 1 aliphatic rings. The molecule has 1 heterocycles. The number of hydrogen-bond donors (Lipinski definition) is 2. The summed E-state index contributed by atoms with van der Waals surface area (Å²) in [6, 6.07) is 5.92. The maximum absolute atomic E-state index is 5.82. The molecule has 30 heavy (non-hydrogen) atoms. The Kier molecular flexibility index (Phi) is 14.7. The van der Waals surface area contributed by atoms with Crippen molar-refractivity contribution in [2.75, 3.05) is 53.2 Å². The molecular formula is C22H38IN3O4. The van der Waals surface area contributed by atoms with Crippen LogP contribution >= 0.6 is 24.0 Å². The third-order valence-electron chi connectivity index (χ3n) is 4.74. The van der Waals surface area contributed by atoms with Gasteiger partial charge in [-0.05, 0) is 56.7 Å². The van der Waals surface area contributed by atoms with Gasteiger partial charge in [-0.3, -0.25) is 0 Å². The van der Waals surface area contributed by atoms with E-state index in [1.54, 1.807) is 7.11 Å². The maximum atomic E-state index is 5.82. The molecule has 0 spiro atoms. The number of hydrogen-bond acceptors (Lipinski definition) is 5. The fraction of sp³-hybridized carbons (Fsp3) is 0.682. The van der Waals surface area contributed by atoms with Crippen molar-refractivity contribution in [1.29, 1.82) is 0 Å². The number of halogens is 1. The molecule has 1 aliphatic heterocycles. The van der Waals surface area contributed by atoms with E-state index in [1.807, 2.05) is 25.1 Å². The topological polar surface area (TPSA) is 73.3 Å². The number of guanidine groups is 1. The Morgan fingerprint density at radius 2 is 1.97 bits per heavy atom. The molecule has 0 atom stereocenters. The summed E-state index contributed by atoms with van der Waals surface area (Å²) in [6.45, 7) is 10.2. The van der Waals surface area contributed by atoms with Gasteiger partial charge in [0, 0.05) is 39.5 Å². The molecule has 0 amide bonds. The monoisotopic (exact) mass is 535 g/mol. The molecule has 0 radical (unpaired) electrons. The van der Waals surface area contributed by atoms with Crippen LogP contribution in [0.5, 0.6) is 11.5 Å². The van der Waals surface area contributed by atoms with Crippen molar-refractivity contribution in [1.82, 2.24) is 10.6 Å². The van der Waals surface area contributed by atoms with Crippen LogP contribution in [0, 0.1) is 5.92 Å². The van der Waals surface area contributed by atoms with E-state index in [4.69, 9.17) is 18.9 Å². The Labute approximate surface area is 198 Å². The van der Waals surface area contributed by atoms with Crippen LogP contribution < -0.4 is 20.1 Å². The average Bonchev–Trinajstić information content (AvgIpc) is 2.75. The first-order valence-corrected chi connectivity index (χ1v) is 10.7. The molecule has 1 fully saturated rings. The Morgan fingerprint density at radius 3 is 2.67 bits per heavy atom. The number of ether oxygens (including phenoxy) is 4. The van der Waals surface area contributed by atoms with Crippen molar-refractivity contribution in [3.63, 3.8) is 0 Å². The van der Waals surface area contributed by atoms with Gasteiger partial charge in [-0.2, -0.15) is 0 Å². The lowest BCUT2D eigenvalue weighted by atomic mass is 10.0. The van der Waals surface area contributed by atoms with Crippen molar-refractivity contribution < 1.29 is 18.9 Å².